The van der Waals surface area contributed by atoms with E-state index in [9.17, 15) is 0 Å². The third-order valence-electron chi connectivity index (χ3n) is 3.40. The molecule has 0 saturated heterocycles. The average Bonchev–Trinajstić information content (AvgIpc) is 2.72. The van der Waals surface area contributed by atoms with E-state index >= 15 is 0 Å². The van der Waals surface area contributed by atoms with Crippen LogP contribution in [0, 0.1) is 5.92 Å². The van der Waals surface area contributed by atoms with Crippen molar-refractivity contribution in [1.29, 1.82) is 0 Å². The van der Waals surface area contributed by atoms with Gasteiger partial charge in [0.15, 0.2) is 0 Å². The van der Waals surface area contributed by atoms with Crippen LogP contribution in [0.2, 0.25) is 0 Å². The Bertz CT molecular complexity index is 166. The van der Waals surface area contributed by atoms with Crippen LogP contribution in [0.15, 0.2) is 0 Å². The number of hydrogen-bond donors (Lipinski definition) is 1. The van der Waals surface area contributed by atoms with Crippen LogP contribution >= 0.6 is 11.8 Å². The highest BCUT2D eigenvalue weighted by Gasteiger charge is 2.25. The number of thioether (sulfide) groups is 1. The maximum atomic E-state index is 5.05. The lowest BCUT2D eigenvalue weighted by Gasteiger charge is -2.19. The summed E-state index contributed by atoms with van der Waals surface area (Å²) in [5.74, 6) is 3.53. The van der Waals surface area contributed by atoms with Crippen molar-refractivity contribution in [3.05, 3.63) is 0 Å². The van der Waals surface area contributed by atoms with Gasteiger partial charge in [0.25, 0.3) is 0 Å². The fourth-order valence-corrected chi connectivity index (χ4v) is 3.55. The number of rotatable bonds is 9. The SMILES string of the molecule is CCNC1CCCC1CCSCCCOC. The van der Waals surface area contributed by atoms with E-state index in [-0.39, 0.29) is 0 Å². The first-order valence-corrected chi connectivity index (χ1v) is 7.84. The van der Waals surface area contributed by atoms with Crippen LogP contribution in [-0.2, 0) is 4.74 Å². The van der Waals surface area contributed by atoms with Gasteiger partial charge < -0.3 is 10.1 Å². The quantitative estimate of drug-likeness (QED) is 0.631. The summed E-state index contributed by atoms with van der Waals surface area (Å²) in [4.78, 5) is 0. The van der Waals surface area contributed by atoms with Crippen LogP contribution in [0.25, 0.3) is 0 Å². The summed E-state index contributed by atoms with van der Waals surface area (Å²) >= 11 is 2.09. The van der Waals surface area contributed by atoms with Crippen LogP contribution in [0.1, 0.15) is 39.0 Å². The normalized spacial score (nSPS) is 25.1. The second-order valence-corrected chi connectivity index (χ2v) is 5.83. The molecule has 2 unspecified atom stereocenters. The van der Waals surface area contributed by atoms with Gasteiger partial charge in [-0.05, 0) is 49.7 Å². The van der Waals surface area contributed by atoms with Crippen molar-refractivity contribution >= 4 is 11.8 Å². The molecule has 0 aromatic carbocycles. The highest BCUT2D eigenvalue weighted by molar-refractivity contribution is 7.99. The lowest BCUT2D eigenvalue weighted by atomic mass is 10.0. The first-order valence-electron chi connectivity index (χ1n) is 6.68. The summed E-state index contributed by atoms with van der Waals surface area (Å²) < 4.78 is 5.05. The van der Waals surface area contributed by atoms with Crippen molar-refractivity contribution in [2.75, 3.05) is 31.8 Å². The first kappa shape index (κ1) is 14.3. The predicted molar refractivity (Wildman–Crippen MR) is 73.2 cm³/mol. The third kappa shape index (κ3) is 5.55. The molecule has 1 N–H and O–H groups in total. The molecule has 0 aliphatic heterocycles. The molecule has 2 atom stereocenters. The Hall–Kier alpha value is 0.270. The molecular formula is C13H27NOS. The number of hydrogen-bond acceptors (Lipinski definition) is 3. The van der Waals surface area contributed by atoms with Gasteiger partial charge in [0.1, 0.15) is 0 Å². The van der Waals surface area contributed by atoms with Crippen LogP contribution in [0.3, 0.4) is 0 Å². The molecule has 0 aromatic heterocycles. The van der Waals surface area contributed by atoms with Crippen molar-refractivity contribution in [3.63, 3.8) is 0 Å². The van der Waals surface area contributed by atoms with E-state index in [4.69, 9.17) is 4.74 Å². The van der Waals surface area contributed by atoms with Crippen molar-refractivity contribution in [2.45, 2.75) is 45.1 Å². The zero-order valence-corrected chi connectivity index (χ0v) is 11.7. The molecule has 1 aliphatic rings. The Kier molecular flexibility index (Phi) is 8.34. The lowest BCUT2D eigenvalue weighted by Crippen LogP contribution is -2.32. The third-order valence-corrected chi connectivity index (χ3v) is 4.50. The molecule has 1 aliphatic carbocycles. The first-order chi connectivity index (χ1) is 7.88. The topological polar surface area (TPSA) is 21.3 Å². The summed E-state index contributed by atoms with van der Waals surface area (Å²) in [5.41, 5.74) is 0. The molecule has 1 saturated carbocycles. The van der Waals surface area contributed by atoms with E-state index in [1.54, 1.807) is 7.11 Å². The molecule has 0 aromatic rings. The second kappa shape index (κ2) is 9.32. The fourth-order valence-electron chi connectivity index (χ4n) is 2.56. The zero-order valence-electron chi connectivity index (χ0n) is 10.8. The molecule has 96 valence electrons. The molecule has 0 radical (unpaired) electrons. The fraction of sp³-hybridized carbons (Fsp3) is 1.00. The Morgan fingerprint density at radius 2 is 2.19 bits per heavy atom. The number of ether oxygens (including phenoxy) is 1. The van der Waals surface area contributed by atoms with Crippen molar-refractivity contribution in [1.82, 2.24) is 5.32 Å². The predicted octanol–water partition coefficient (Wildman–Crippen LogP) is 2.92. The van der Waals surface area contributed by atoms with E-state index in [1.165, 1.54) is 43.6 Å². The van der Waals surface area contributed by atoms with Gasteiger partial charge >= 0.3 is 0 Å². The Labute approximate surface area is 105 Å². The molecular weight excluding hydrogens is 218 g/mol. The maximum absolute atomic E-state index is 5.05. The van der Waals surface area contributed by atoms with Gasteiger partial charge in [-0.1, -0.05) is 13.3 Å². The van der Waals surface area contributed by atoms with Crippen molar-refractivity contribution in [2.24, 2.45) is 5.92 Å². The van der Waals surface area contributed by atoms with Gasteiger partial charge in [-0.2, -0.15) is 11.8 Å². The van der Waals surface area contributed by atoms with Gasteiger partial charge in [-0.25, -0.2) is 0 Å². The smallest absolute Gasteiger partial charge is 0.0470 e. The molecule has 0 heterocycles. The lowest BCUT2D eigenvalue weighted by molar-refractivity contribution is 0.200. The molecule has 1 fully saturated rings. The molecule has 3 heteroatoms. The average molecular weight is 245 g/mol. The van der Waals surface area contributed by atoms with Gasteiger partial charge in [-0.15, -0.1) is 0 Å². The minimum atomic E-state index is 0.810. The van der Waals surface area contributed by atoms with Crippen LogP contribution in [0.5, 0.6) is 0 Å². The molecule has 16 heavy (non-hydrogen) atoms. The molecule has 0 amide bonds. The maximum Gasteiger partial charge on any atom is 0.0470 e. The van der Waals surface area contributed by atoms with E-state index in [0.717, 1.165) is 25.1 Å². The highest BCUT2D eigenvalue weighted by Crippen LogP contribution is 2.29. The van der Waals surface area contributed by atoms with Gasteiger partial charge in [0.2, 0.25) is 0 Å². The van der Waals surface area contributed by atoms with E-state index in [0.29, 0.717) is 0 Å². The molecule has 0 spiro atoms. The largest absolute Gasteiger partial charge is 0.385 e. The monoisotopic (exact) mass is 245 g/mol. The van der Waals surface area contributed by atoms with E-state index in [1.807, 2.05) is 0 Å². The second-order valence-electron chi connectivity index (χ2n) is 4.60. The minimum Gasteiger partial charge on any atom is -0.385 e. The summed E-state index contributed by atoms with van der Waals surface area (Å²) in [5, 5.41) is 3.63. The minimum absolute atomic E-state index is 0.810. The van der Waals surface area contributed by atoms with Crippen LogP contribution in [-0.4, -0.2) is 37.8 Å². The Balaban J connectivity index is 1.99. The van der Waals surface area contributed by atoms with Crippen molar-refractivity contribution in [3.8, 4) is 0 Å². The summed E-state index contributed by atoms with van der Waals surface area (Å²) in [6, 6.07) is 0.810. The molecule has 1 rings (SSSR count). The van der Waals surface area contributed by atoms with Gasteiger partial charge in [0.05, 0.1) is 0 Å². The summed E-state index contributed by atoms with van der Waals surface area (Å²) in [7, 11) is 1.78. The molecule has 0 bridgehead atoms. The van der Waals surface area contributed by atoms with E-state index in [2.05, 4.69) is 24.0 Å². The standard InChI is InChI=1S/C13H27NOS/c1-3-14-13-7-4-6-12(13)8-11-16-10-5-9-15-2/h12-14H,3-11H2,1-2H3. The summed E-state index contributed by atoms with van der Waals surface area (Å²) in [6.07, 6.45) is 6.86. The Morgan fingerprint density at radius 1 is 1.31 bits per heavy atom. The van der Waals surface area contributed by atoms with Crippen LogP contribution in [0.4, 0.5) is 0 Å². The highest BCUT2D eigenvalue weighted by atomic mass is 32.2. The van der Waals surface area contributed by atoms with Gasteiger partial charge in [-0.3, -0.25) is 0 Å². The van der Waals surface area contributed by atoms with Gasteiger partial charge in [0, 0.05) is 19.8 Å². The van der Waals surface area contributed by atoms with Crippen molar-refractivity contribution < 1.29 is 4.74 Å². The number of nitrogens with one attached hydrogen (secondary N) is 1. The zero-order chi connectivity index (χ0) is 11.6. The van der Waals surface area contributed by atoms with Crippen LogP contribution < -0.4 is 5.32 Å². The molecule has 2 nitrogen and oxygen atoms in total. The Morgan fingerprint density at radius 3 is 2.94 bits per heavy atom. The number of methoxy groups -OCH3 is 1. The van der Waals surface area contributed by atoms with E-state index < -0.39 is 0 Å². The summed E-state index contributed by atoms with van der Waals surface area (Å²) in [6.45, 7) is 4.26.